The first-order valence-corrected chi connectivity index (χ1v) is 10.3. The molecule has 1 aromatic carbocycles. The minimum absolute atomic E-state index is 0.219. The van der Waals surface area contributed by atoms with Crippen LogP contribution in [0.1, 0.15) is 41.0 Å². The summed E-state index contributed by atoms with van der Waals surface area (Å²) in [4.78, 5) is 12.9. The Morgan fingerprint density at radius 2 is 1.77 bits per heavy atom. The van der Waals surface area contributed by atoms with Crippen LogP contribution in [0.2, 0.25) is 0 Å². The number of hydrogen-bond donors (Lipinski definition) is 1. The molecule has 2 aromatic rings. The quantitative estimate of drug-likeness (QED) is 0.893. The average Bonchev–Trinajstić information content (AvgIpc) is 2.92. The zero-order chi connectivity index (χ0) is 18.9. The molecule has 0 aliphatic carbocycles. The summed E-state index contributed by atoms with van der Waals surface area (Å²) >= 11 is 0. The molecule has 6 nitrogen and oxygen atoms in total. The van der Waals surface area contributed by atoms with Gasteiger partial charge in [-0.05, 0) is 50.5 Å². The van der Waals surface area contributed by atoms with E-state index in [-0.39, 0.29) is 10.8 Å². The third-order valence-electron chi connectivity index (χ3n) is 4.93. The minimum atomic E-state index is -3.57. The van der Waals surface area contributed by atoms with E-state index < -0.39 is 10.0 Å². The van der Waals surface area contributed by atoms with Crippen LogP contribution in [0.3, 0.4) is 0 Å². The lowest BCUT2D eigenvalue weighted by molar-refractivity contribution is 0.101. The van der Waals surface area contributed by atoms with Crippen molar-refractivity contribution in [3.8, 4) is 0 Å². The monoisotopic (exact) mass is 375 g/mol. The van der Waals surface area contributed by atoms with Crippen molar-refractivity contribution in [3.63, 3.8) is 0 Å². The van der Waals surface area contributed by atoms with Gasteiger partial charge in [-0.2, -0.15) is 4.31 Å². The van der Waals surface area contributed by atoms with E-state index in [2.05, 4.69) is 5.32 Å². The Kier molecular flexibility index (Phi) is 5.20. The van der Waals surface area contributed by atoms with E-state index in [4.69, 9.17) is 0 Å². The second kappa shape index (κ2) is 7.25. The van der Waals surface area contributed by atoms with Crippen LogP contribution in [-0.2, 0) is 17.1 Å². The Morgan fingerprint density at radius 1 is 1.08 bits per heavy atom. The molecule has 1 N–H and O–H groups in total. The molecular formula is C19H25N3O3S. The first-order chi connectivity index (χ1) is 12.3. The molecule has 1 fully saturated rings. The second-order valence-corrected chi connectivity index (χ2v) is 8.73. The van der Waals surface area contributed by atoms with Gasteiger partial charge in [0.2, 0.25) is 10.0 Å². The molecule has 7 heteroatoms. The maximum Gasteiger partial charge on any atom is 0.272 e. The molecule has 3 rings (SSSR count). The number of amides is 1. The zero-order valence-corrected chi connectivity index (χ0v) is 16.3. The number of carbonyl (C=O) groups excluding carboxylic acids is 1. The molecule has 1 amide bonds. The summed E-state index contributed by atoms with van der Waals surface area (Å²) in [5.74, 6) is -0.318. The Morgan fingerprint density at radius 3 is 2.42 bits per heavy atom. The zero-order valence-electron chi connectivity index (χ0n) is 15.4. The van der Waals surface area contributed by atoms with Gasteiger partial charge in [-0.3, -0.25) is 4.79 Å². The predicted octanol–water partition coefficient (Wildman–Crippen LogP) is 3.07. The molecular weight excluding hydrogens is 350 g/mol. The minimum Gasteiger partial charge on any atom is -0.343 e. The van der Waals surface area contributed by atoms with Crippen LogP contribution >= 0.6 is 0 Å². The van der Waals surface area contributed by atoms with Crippen molar-refractivity contribution in [2.24, 2.45) is 7.05 Å². The number of rotatable bonds is 4. The third kappa shape index (κ3) is 3.54. The van der Waals surface area contributed by atoms with Crippen molar-refractivity contribution in [1.29, 1.82) is 0 Å². The molecule has 1 aliphatic heterocycles. The Labute approximate surface area is 154 Å². The fourth-order valence-corrected chi connectivity index (χ4v) is 5.10. The number of hydrogen-bond acceptors (Lipinski definition) is 3. The first-order valence-electron chi connectivity index (χ1n) is 8.85. The molecule has 1 aliphatic rings. The second-order valence-electron chi connectivity index (χ2n) is 6.83. The maximum absolute atomic E-state index is 13.0. The molecule has 0 atom stereocenters. The Balaban J connectivity index is 1.90. The van der Waals surface area contributed by atoms with Crippen molar-refractivity contribution in [3.05, 3.63) is 47.3 Å². The highest BCUT2D eigenvalue weighted by molar-refractivity contribution is 7.89. The molecule has 0 bridgehead atoms. The van der Waals surface area contributed by atoms with Crippen LogP contribution in [0, 0.1) is 13.8 Å². The number of aryl methyl sites for hydroxylation is 1. The fraction of sp³-hybridized carbons (Fsp3) is 0.421. The van der Waals surface area contributed by atoms with Gasteiger partial charge in [0.25, 0.3) is 5.91 Å². The lowest BCUT2D eigenvalue weighted by Crippen LogP contribution is -2.35. The van der Waals surface area contributed by atoms with Crippen molar-refractivity contribution in [2.45, 2.75) is 38.0 Å². The summed E-state index contributed by atoms with van der Waals surface area (Å²) in [6.07, 6.45) is 2.82. The van der Waals surface area contributed by atoms with Gasteiger partial charge in [-0.15, -0.1) is 0 Å². The van der Waals surface area contributed by atoms with E-state index in [1.54, 1.807) is 18.5 Å². The summed E-state index contributed by atoms with van der Waals surface area (Å²) in [5, 5.41) is 2.84. The first kappa shape index (κ1) is 18.7. The standard InChI is InChI=1S/C19H25N3O3S/c1-14-8-7-9-16(12-14)20-19(23)17-13-18(15(2)21(17)3)26(24,25)22-10-5-4-6-11-22/h7-9,12-13H,4-6,10-11H2,1-3H3,(H,20,23). The van der Waals surface area contributed by atoms with Crippen LogP contribution in [0.4, 0.5) is 5.69 Å². The van der Waals surface area contributed by atoms with Gasteiger partial charge in [0.1, 0.15) is 10.6 Å². The number of nitrogens with zero attached hydrogens (tertiary/aromatic N) is 2. The average molecular weight is 375 g/mol. The van der Waals surface area contributed by atoms with Crippen molar-refractivity contribution >= 4 is 21.6 Å². The molecule has 2 heterocycles. The maximum atomic E-state index is 13.0. The van der Waals surface area contributed by atoms with Gasteiger partial charge >= 0.3 is 0 Å². The summed E-state index contributed by atoms with van der Waals surface area (Å²) < 4.78 is 29.1. The topological polar surface area (TPSA) is 71.4 Å². The van der Waals surface area contributed by atoms with Gasteiger partial charge in [0.15, 0.2) is 0 Å². The summed E-state index contributed by atoms with van der Waals surface area (Å²) in [5.41, 5.74) is 2.64. The lowest BCUT2D eigenvalue weighted by Gasteiger charge is -2.25. The molecule has 1 saturated heterocycles. The molecule has 0 saturated carbocycles. The Hall–Kier alpha value is -2.12. The van der Waals surface area contributed by atoms with Crippen molar-refractivity contribution < 1.29 is 13.2 Å². The molecule has 1 aromatic heterocycles. The summed E-state index contributed by atoms with van der Waals surface area (Å²) in [6, 6.07) is 8.99. The van der Waals surface area contributed by atoms with Crippen molar-refractivity contribution in [1.82, 2.24) is 8.87 Å². The van der Waals surface area contributed by atoms with E-state index in [1.165, 1.54) is 10.4 Å². The number of benzene rings is 1. The third-order valence-corrected chi connectivity index (χ3v) is 6.94. The molecule has 0 unspecified atom stereocenters. The highest BCUT2D eigenvalue weighted by Crippen LogP contribution is 2.26. The smallest absolute Gasteiger partial charge is 0.272 e. The van der Waals surface area contributed by atoms with E-state index >= 15 is 0 Å². The highest BCUT2D eigenvalue weighted by Gasteiger charge is 2.30. The van der Waals surface area contributed by atoms with E-state index in [0.29, 0.717) is 30.2 Å². The Bertz CT molecular complexity index is 926. The fourth-order valence-electron chi connectivity index (χ4n) is 3.31. The van der Waals surface area contributed by atoms with Gasteiger partial charge in [-0.1, -0.05) is 18.6 Å². The number of nitrogens with one attached hydrogen (secondary N) is 1. The van der Waals surface area contributed by atoms with Gasteiger partial charge in [0.05, 0.1) is 0 Å². The number of anilines is 1. The largest absolute Gasteiger partial charge is 0.343 e. The van der Waals surface area contributed by atoms with Gasteiger partial charge < -0.3 is 9.88 Å². The summed E-state index contributed by atoms with van der Waals surface area (Å²) in [6.45, 7) is 4.77. The highest BCUT2D eigenvalue weighted by atomic mass is 32.2. The molecule has 26 heavy (non-hydrogen) atoms. The molecule has 0 radical (unpaired) electrons. The van der Waals surface area contributed by atoms with Crippen LogP contribution < -0.4 is 5.32 Å². The number of carbonyl (C=O) groups is 1. The van der Waals surface area contributed by atoms with E-state index in [0.717, 1.165) is 24.8 Å². The molecule has 140 valence electrons. The lowest BCUT2D eigenvalue weighted by atomic mass is 10.2. The number of piperidine rings is 1. The number of aromatic nitrogens is 1. The number of sulfonamides is 1. The van der Waals surface area contributed by atoms with E-state index in [1.807, 2.05) is 31.2 Å². The van der Waals surface area contributed by atoms with Crippen LogP contribution in [0.5, 0.6) is 0 Å². The van der Waals surface area contributed by atoms with Crippen LogP contribution in [0.15, 0.2) is 35.2 Å². The molecule has 0 spiro atoms. The van der Waals surface area contributed by atoms with E-state index in [9.17, 15) is 13.2 Å². The van der Waals surface area contributed by atoms with Crippen LogP contribution in [-0.4, -0.2) is 36.3 Å². The van der Waals surface area contributed by atoms with Gasteiger partial charge in [0, 0.05) is 31.5 Å². The summed E-state index contributed by atoms with van der Waals surface area (Å²) in [7, 11) is -1.86. The van der Waals surface area contributed by atoms with Crippen LogP contribution in [0.25, 0.3) is 0 Å². The normalized spacial score (nSPS) is 15.8. The van der Waals surface area contributed by atoms with Gasteiger partial charge in [-0.25, -0.2) is 8.42 Å². The predicted molar refractivity (Wildman–Crippen MR) is 102 cm³/mol. The van der Waals surface area contributed by atoms with Crippen molar-refractivity contribution in [2.75, 3.05) is 18.4 Å². The SMILES string of the molecule is Cc1cccc(NC(=O)c2cc(S(=O)(=O)N3CCCCC3)c(C)n2C)c1.